The first-order chi connectivity index (χ1) is 9.61. The van der Waals surface area contributed by atoms with Crippen molar-refractivity contribution >= 4 is 33.2 Å². The molecule has 0 saturated heterocycles. The van der Waals surface area contributed by atoms with E-state index in [9.17, 15) is 0 Å². The van der Waals surface area contributed by atoms with Crippen LogP contribution in [-0.2, 0) is 0 Å². The van der Waals surface area contributed by atoms with Crippen molar-refractivity contribution in [3.8, 4) is 22.8 Å². The molecule has 0 unspecified atom stereocenters. The Bertz CT molecular complexity index is 749. The average molecular weight is 350 g/mol. The maximum absolute atomic E-state index is 6.03. The van der Waals surface area contributed by atoms with Crippen molar-refractivity contribution < 1.29 is 0 Å². The van der Waals surface area contributed by atoms with Crippen LogP contribution in [0.3, 0.4) is 0 Å². The molecule has 0 atom stereocenters. The minimum atomic E-state index is 0.589. The van der Waals surface area contributed by atoms with Gasteiger partial charge in [0, 0.05) is 26.3 Å². The van der Waals surface area contributed by atoms with Gasteiger partial charge in [-0.25, -0.2) is 4.98 Å². The Kier molecular flexibility index (Phi) is 3.46. The van der Waals surface area contributed by atoms with Crippen LogP contribution in [0.1, 0.15) is 0 Å². The predicted molar refractivity (Wildman–Crippen MR) is 84.4 cm³/mol. The highest BCUT2D eigenvalue weighted by atomic mass is 79.9. The van der Waals surface area contributed by atoms with E-state index in [0.717, 1.165) is 15.6 Å². The summed E-state index contributed by atoms with van der Waals surface area (Å²) in [5.74, 6) is 1.26. The largest absolute Gasteiger partial charge is 0.399 e. The summed E-state index contributed by atoms with van der Waals surface area (Å²) in [5, 5.41) is 7.76. The van der Waals surface area contributed by atoms with Crippen LogP contribution < -0.4 is 5.73 Å². The minimum absolute atomic E-state index is 0.589. The lowest BCUT2D eigenvalue weighted by molar-refractivity contribution is 1.10. The summed E-state index contributed by atoms with van der Waals surface area (Å²) >= 11 is 9.44. The van der Waals surface area contributed by atoms with Crippen molar-refractivity contribution in [3.63, 3.8) is 0 Å². The molecule has 2 aromatic carbocycles. The number of nitrogens with zero attached hydrogens (tertiary/aromatic N) is 2. The lowest BCUT2D eigenvalue weighted by Gasteiger charge is -1.98. The number of anilines is 1. The number of hydrogen-bond acceptors (Lipinski definition) is 3. The van der Waals surface area contributed by atoms with Crippen molar-refractivity contribution in [2.75, 3.05) is 5.73 Å². The third kappa shape index (κ3) is 2.69. The highest BCUT2D eigenvalue weighted by molar-refractivity contribution is 9.10. The van der Waals surface area contributed by atoms with Gasteiger partial charge in [0.2, 0.25) is 0 Å². The Morgan fingerprint density at radius 3 is 2.70 bits per heavy atom. The molecule has 3 N–H and O–H groups in total. The van der Waals surface area contributed by atoms with E-state index in [2.05, 4.69) is 31.1 Å². The molecule has 0 radical (unpaired) electrons. The zero-order chi connectivity index (χ0) is 14.1. The zero-order valence-corrected chi connectivity index (χ0v) is 12.6. The Balaban J connectivity index is 2.02. The molecule has 0 saturated carbocycles. The summed E-state index contributed by atoms with van der Waals surface area (Å²) in [6.45, 7) is 0. The molecular weight excluding hydrogens is 340 g/mol. The van der Waals surface area contributed by atoms with Crippen LogP contribution in [0.4, 0.5) is 5.69 Å². The molecular formula is C14H10BrClN4. The van der Waals surface area contributed by atoms with E-state index in [-0.39, 0.29) is 0 Å². The molecule has 100 valence electrons. The van der Waals surface area contributed by atoms with Crippen molar-refractivity contribution in [2.45, 2.75) is 0 Å². The Labute approximate surface area is 129 Å². The Hall–Kier alpha value is -1.85. The van der Waals surface area contributed by atoms with Gasteiger partial charge in [0.05, 0.1) is 0 Å². The normalized spacial score (nSPS) is 10.7. The maximum atomic E-state index is 6.03. The van der Waals surface area contributed by atoms with E-state index in [0.29, 0.717) is 22.4 Å². The van der Waals surface area contributed by atoms with Gasteiger partial charge >= 0.3 is 0 Å². The third-order valence-electron chi connectivity index (χ3n) is 2.77. The summed E-state index contributed by atoms with van der Waals surface area (Å²) in [6.07, 6.45) is 0. The average Bonchev–Trinajstić information content (AvgIpc) is 2.87. The second-order valence-corrected chi connectivity index (χ2v) is 5.64. The number of aromatic nitrogens is 3. The van der Waals surface area contributed by atoms with Crippen LogP contribution in [0.25, 0.3) is 22.8 Å². The second-order valence-electron chi connectivity index (χ2n) is 4.29. The van der Waals surface area contributed by atoms with Crippen LogP contribution in [0.5, 0.6) is 0 Å². The van der Waals surface area contributed by atoms with E-state index in [4.69, 9.17) is 17.3 Å². The number of benzene rings is 2. The molecule has 0 bridgehead atoms. The molecule has 0 aliphatic carbocycles. The van der Waals surface area contributed by atoms with E-state index in [1.807, 2.05) is 42.5 Å². The van der Waals surface area contributed by atoms with Crippen molar-refractivity contribution in [1.82, 2.24) is 15.2 Å². The Morgan fingerprint density at radius 1 is 1.10 bits per heavy atom. The van der Waals surface area contributed by atoms with E-state index in [1.165, 1.54) is 0 Å². The number of aromatic amines is 1. The quantitative estimate of drug-likeness (QED) is 0.683. The zero-order valence-electron chi connectivity index (χ0n) is 10.3. The minimum Gasteiger partial charge on any atom is -0.399 e. The van der Waals surface area contributed by atoms with Gasteiger partial charge in [0.15, 0.2) is 11.6 Å². The van der Waals surface area contributed by atoms with Crippen LogP contribution in [-0.4, -0.2) is 15.2 Å². The number of H-pyrrole nitrogens is 1. The number of nitrogen functional groups attached to an aromatic ring is 1. The maximum Gasteiger partial charge on any atom is 0.181 e. The fraction of sp³-hybridized carbons (Fsp3) is 0. The highest BCUT2D eigenvalue weighted by Gasteiger charge is 2.09. The van der Waals surface area contributed by atoms with Crippen molar-refractivity contribution in [3.05, 3.63) is 52.0 Å². The molecule has 6 heteroatoms. The monoisotopic (exact) mass is 348 g/mol. The summed E-state index contributed by atoms with van der Waals surface area (Å²) in [7, 11) is 0. The van der Waals surface area contributed by atoms with E-state index >= 15 is 0 Å². The molecule has 1 heterocycles. The topological polar surface area (TPSA) is 67.6 Å². The summed E-state index contributed by atoms with van der Waals surface area (Å²) in [4.78, 5) is 4.47. The van der Waals surface area contributed by atoms with E-state index in [1.54, 1.807) is 0 Å². The Morgan fingerprint density at radius 2 is 1.95 bits per heavy atom. The van der Waals surface area contributed by atoms with Crippen molar-refractivity contribution in [2.24, 2.45) is 0 Å². The third-order valence-corrected chi connectivity index (χ3v) is 3.44. The molecule has 20 heavy (non-hydrogen) atoms. The summed E-state index contributed by atoms with van der Waals surface area (Å²) in [6, 6.07) is 13.0. The number of halogens is 2. The number of nitrogens with two attached hydrogens (primary N) is 1. The van der Waals surface area contributed by atoms with Gasteiger partial charge in [-0.1, -0.05) is 39.7 Å². The molecule has 0 aliphatic rings. The number of nitrogens with one attached hydrogen (secondary N) is 1. The first-order valence-corrected chi connectivity index (χ1v) is 7.04. The van der Waals surface area contributed by atoms with Crippen LogP contribution in [0, 0.1) is 0 Å². The van der Waals surface area contributed by atoms with Gasteiger partial charge < -0.3 is 5.73 Å². The van der Waals surface area contributed by atoms with E-state index < -0.39 is 0 Å². The van der Waals surface area contributed by atoms with Crippen LogP contribution in [0.2, 0.25) is 5.02 Å². The van der Waals surface area contributed by atoms with Gasteiger partial charge in [-0.05, 0) is 30.3 Å². The predicted octanol–water partition coefficient (Wildman–Crippen LogP) is 4.14. The molecule has 0 fully saturated rings. The molecule has 4 nitrogen and oxygen atoms in total. The van der Waals surface area contributed by atoms with Crippen molar-refractivity contribution in [1.29, 1.82) is 0 Å². The highest BCUT2D eigenvalue weighted by Crippen LogP contribution is 2.27. The van der Waals surface area contributed by atoms with Gasteiger partial charge in [0.25, 0.3) is 0 Å². The molecule has 0 amide bonds. The van der Waals surface area contributed by atoms with Crippen LogP contribution >= 0.6 is 27.5 Å². The first kappa shape index (κ1) is 13.1. The smallest absolute Gasteiger partial charge is 0.181 e. The SMILES string of the molecule is Nc1cccc(-c2nc(-c3cc(Cl)cc(Br)c3)n[nH]2)c1. The van der Waals surface area contributed by atoms with Gasteiger partial charge in [0.1, 0.15) is 0 Å². The summed E-state index contributed by atoms with van der Waals surface area (Å²) < 4.78 is 0.885. The second kappa shape index (κ2) is 5.26. The van der Waals surface area contributed by atoms with Gasteiger partial charge in [-0.15, -0.1) is 0 Å². The van der Waals surface area contributed by atoms with Gasteiger partial charge in [-0.2, -0.15) is 5.10 Å². The lowest BCUT2D eigenvalue weighted by atomic mass is 10.2. The van der Waals surface area contributed by atoms with Gasteiger partial charge in [-0.3, -0.25) is 5.10 Å². The first-order valence-electron chi connectivity index (χ1n) is 5.86. The fourth-order valence-electron chi connectivity index (χ4n) is 1.89. The fourth-order valence-corrected chi connectivity index (χ4v) is 2.75. The number of rotatable bonds is 2. The molecule has 3 rings (SSSR count). The molecule has 0 aliphatic heterocycles. The molecule has 0 spiro atoms. The standard InChI is InChI=1S/C14H10BrClN4/c15-10-4-9(5-11(16)7-10)14-18-13(19-20-14)8-2-1-3-12(17)6-8/h1-7H,17H2,(H,18,19,20). The van der Waals surface area contributed by atoms with Crippen LogP contribution in [0.15, 0.2) is 46.9 Å². The molecule has 1 aromatic heterocycles. The lowest BCUT2D eigenvalue weighted by Crippen LogP contribution is -1.86. The number of hydrogen-bond donors (Lipinski definition) is 2. The molecule has 3 aromatic rings. The summed E-state index contributed by atoms with van der Waals surface area (Å²) in [5.41, 5.74) is 8.19.